The fourth-order valence-electron chi connectivity index (χ4n) is 2.17. The van der Waals surface area contributed by atoms with Gasteiger partial charge in [0.2, 0.25) is 0 Å². The summed E-state index contributed by atoms with van der Waals surface area (Å²) >= 11 is 0. The predicted molar refractivity (Wildman–Crippen MR) is 88.9 cm³/mol. The van der Waals surface area contributed by atoms with Gasteiger partial charge in [0.15, 0.2) is 0 Å². The average molecular weight is 321 g/mol. The van der Waals surface area contributed by atoms with Gasteiger partial charge in [0.05, 0.1) is 0 Å². The second-order valence-corrected chi connectivity index (χ2v) is 6.87. The van der Waals surface area contributed by atoms with Crippen LogP contribution < -0.4 is 0 Å². The Kier molecular flexibility index (Phi) is 6.61. The van der Waals surface area contributed by atoms with E-state index >= 15 is 0 Å². The average Bonchev–Trinajstić information content (AvgIpc) is 2.43. The molecule has 0 heterocycles. The SMILES string of the molecule is CC(C)[C@@H](C(=O)OC(C)(C)C)N(C)C(=O)OCc1ccccc1. The number of benzene rings is 1. The van der Waals surface area contributed by atoms with Crippen LogP contribution in [-0.4, -0.2) is 35.7 Å². The summed E-state index contributed by atoms with van der Waals surface area (Å²) in [7, 11) is 1.56. The Hall–Kier alpha value is -2.04. The lowest BCUT2D eigenvalue weighted by Crippen LogP contribution is -2.48. The van der Waals surface area contributed by atoms with Crippen molar-refractivity contribution >= 4 is 12.1 Å². The molecule has 0 aromatic heterocycles. The molecule has 1 aromatic carbocycles. The molecule has 128 valence electrons. The number of carbonyl (C=O) groups is 2. The van der Waals surface area contributed by atoms with Gasteiger partial charge < -0.3 is 9.47 Å². The molecule has 0 aliphatic carbocycles. The van der Waals surface area contributed by atoms with Gasteiger partial charge in [-0.3, -0.25) is 4.90 Å². The zero-order valence-electron chi connectivity index (χ0n) is 14.8. The molecule has 5 heteroatoms. The van der Waals surface area contributed by atoms with Crippen LogP contribution in [-0.2, 0) is 20.9 Å². The Bertz CT molecular complexity index is 520. The number of likely N-dealkylation sites (N-methyl/N-ethyl adjacent to an activating group) is 1. The number of rotatable bonds is 5. The minimum Gasteiger partial charge on any atom is -0.458 e. The van der Waals surface area contributed by atoms with E-state index in [0.29, 0.717) is 0 Å². The molecule has 0 aliphatic rings. The van der Waals surface area contributed by atoms with Crippen molar-refractivity contribution in [1.82, 2.24) is 4.90 Å². The highest BCUT2D eigenvalue weighted by molar-refractivity contribution is 5.81. The highest BCUT2D eigenvalue weighted by atomic mass is 16.6. The van der Waals surface area contributed by atoms with Crippen LogP contribution in [0.1, 0.15) is 40.2 Å². The first-order chi connectivity index (χ1) is 10.6. The van der Waals surface area contributed by atoms with E-state index < -0.39 is 23.7 Å². The molecule has 1 amide bonds. The molecule has 0 spiro atoms. The third-order valence-electron chi connectivity index (χ3n) is 3.19. The molecule has 0 saturated heterocycles. The lowest BCUT2D eigenvalue weighted by atomic mass is 10.0. The Morgan fingerprint density at radius 2 is 1.70 bits per heavy atom. The Labute approximate surface area is 138 Å². The molecule has 0 saturated carbocycles. The number of ether oxygens (including phenoxy) is 2. The molecule has 0 fully saturated rings. The second kappa shape index (κ2) is 7.99. The summed E-state index contributed by atoms with van der Waals surface area (Å²) in [6.07, 6.45) is -0.543. The molecule has 0 N–H and O–H groups in total. The van der Waals surface area contributed by atoms with E-state index in [1.54, 1.807) is 27.8 Å². The summed E-state index contributed by atoms with van der Waals surface area (Å²) in [6.45, 7) is 9.32. The molecule has 5 nitrogen and oxygen atoms in total. The normalized spacial score (nSPS) is 12.7. The monoisotopic (exact) mass is 321 g/mol. The van der Waals surface area contributed by atoms with Gasteiger partial charge in [0, 0.05) is 7.05 Å². The van der Waals surface area contributed by atoms with Gasteiger partial charge in [-0.1, -0.05) is 44.2 Å². The maximum Gasteiger partial charge on any atom is 0.410 e. The maximum absolute atomic E-state index is 12.3. The number of esters is 1. The molecule has 1 aromatic rings. The maximum atomic E-state index is 12.3. The molecular weight excluding hydrogens is 294 g/mol. The zero-order chi connectivity index (χ0) is 17.6. The number of hydrogen-bond donors (Lipinski definition) is 0. The minimum absolute atomic E-state index is 0.0841. The van der Waals surface area contributed by atoms with Crippen LogP contribution in [0.2, 0.25) is 0 Å². The van der Waals surface area contributed by atoms with E-state index in [9.17, 15) is 9.59 Å². The molecule has 0 bridgehead atoms. The van der Waals surface area contributed by atoms with Crippen molar-refractivity contribution in [3.05, 3.63) is 35.9 Å². The smallest absolute Gasteiger partial charge is 0.410 e. The van der Waals surface area contributed by atoms with Crippen molar-refractivity contribution in [3.63, 3.8) is 0 Å². The fourth-order valence-corrected chi connectivity index (χ4v) is 2.17. The largest absolute Gasteiger partial charge is 0.458 e. The molecule has 1 rings (SSSR count). The van der Waals surface area contributed by atoms with Crippen molar-refractivity contribution in [1.29, 1.82) is 0 Å². The standard InChI is InChI=1S/C18H27NO4/c1-13(2)15(16(20)23-18(3,4)5)19(6)17(21)22-12-14-10-8-7-9-11-14/h7-11,13,15H,12H2,1-6H3/t15-/m0/s1. The van der Waals surface area contributed by atoms with Gasteiger partial charge in [-0.15, -0.1) is 0 Å². The second-order valence-electron chi connectivity index (χ2n) is 6.87. The van der Waals surface area contributed by atoms with Gasteiger partial charge >= 0.3 is 12.1 Å². The van der Waals surface area contributed by atoms with Crippen LogP contribution in [0.3, 0.4) is 0 Å². The summed E-state index contributed by atoms with van der Waals surface area (Å²) in [4.78, 5) is 25.9. The van der Waals surface area contributed by atoms with Crippen LogP contribution in [0.4, 0.5) is 4.79 Å². The molecule has 0 aliphatic heterocycles. The first-order valence-corrected chi connectivity index (χ1v) is 7.78. The quantitative estimate of drug-likeness (QED) is 0.777. The van der Waals surface area contributed by atoms with Crippen molar-refractivity contribution in [2.45, 2.75) is 52.9 Å². The topological polar surface area (TPSA) is 55.8 Å². The van der Waals surface area contributed by atoms with Gasteiger partial charge in [-0.05, 0) is 32.3 Å². The van der Waals surface area contributed by atoms with Crippen LogP contribution in [0, 0.1) is 5.92 Å². The predicted octanol–water partition coefficient (Wildman–Crippen LogP) is 3.62. The van der Waals surface area contributed by atoms with E-state index in [2.05, 4.69) is 0 Å². The summed E-state index contributed by atoms with van der Waals surface area (Å²) in [5, 5.41) is 0. The summed E-state index contributed by atoms with van der Waals surface area (Å²) in [5.41, 5.74) is 0.298. The van der Waals surface area contributed by atoms with E-state index in [1.165, 1.54) is 4.90 Å². The highest BCUT2D eigenvalue weighted by Gasteiger charge is 2.34. The Balaban J connectivity index is 2.71. The zero-order valence-corrected chi connectivity index (χ0v) is 14.8. The minimum atomic E-state index is -0.683. The van der Waals surface area contributed by atoms with E-state index in [-0.39, 0.29) is 12.5 Å². The fraction of sp³-hybridized carbons (Fsp3) is 0.556. The van der Waals surface area contributed by atoms with Gasteiger partial charge in [0.25, 0.3) is 0 Å². The molecule has 0 radical (unpaired) electrons. The van der Waals surface area contributed by atoms with Crippen LogP contribution >= 0.6 is 0 Å². The van der Waals surface area contributed by atoms with Gasteiger partial charge in [0.1, 0.15) is 18.2 Å². The first-order valence-electron chi connectivity index (χ1n) is 7.78. The lowest BCUT2D eigenvalue weighted by molar-refractivity contribution is -0.162. The van der Waals surface area contributed by atoms with Gasteiger partial charge in [-0.2, -0.15) is 0 Å². The summed E-state index contributed by atoms with van der Waals surface area (Å²) < 4.78 is 10.7. The Morgan fingerprint density at radius 3 is 2.17 bits per heavy atom. The van der Waals surface area contributed by atoms with Crippen LogP contribution in [0.5, 0.6) is 0 Å². The van der Waals surface area contributed by atoms with Gasteiger partial charge in [-0.25, -0.2) is 9.59 Å². The summed E-state index contributed by atoms with van der Waals surface area (Å²) in [6, 6.07) is 8.73. The Morgan fingerprint density at radius 1 is 1.13 bits per heavy atom. The third kappa shape index (κ3) is 6.30. The lowest BCUT2D eigenvalue weighted by Gasteiger charge is -2.31. The first kappa shape index (κ1) is 19.0. The van der Waals surface area contributed by atoms with Crippen LogP contribution in [0.15, 0.2) is 30.3 Å². The van der Waals surface area contributed by atoms with Crippen molar-refractivity contribution in [2.24, 2.45) is 5.92 Å². The van der Waals surface area contributed by atoms with Crippen molar-refractivity contribution in [2.75, 3.05) is 7.05 Å². The molecule has 0 unspecified atom stereocenters. The van der Waals surface area contributed by atoms with Crippen molar-refractivity contribution < 1.29 is 19.1 Å². The third-order valence-corrected chi connectivity index (χ3v) is 3.19. The molecule has 23 heavy (non-hydrogen) atoms. The van der Waals surface area contributed by atoms with E-state index in [1.807, 2.05) is 44.2 Å². The van der Waals surface area contributed by atoms with E-state index in [0.717, 1.165) is 5.56 Å². The van der Waals surface area contributed by atoms with Crippen LogP contribution in [0.25, 0.3) is 0 Å². The molecular formula is C18H27NO4. The number of amides is 1. The molecule has 1 atom stereocenters. The number of carbonyl (C=O) groups excluding carboxylic acids is 2. The number of hydrogen-bond acceptors (Lipinski definition) is 4. The van der Waals surface area contributed by atoms with E-state index in [4.69, 9.17) is 9.47 Å². The van der Waals surface area contributed by atoms with Crippen molar-refractivity contribution in [3.8, 4) is 0 Å². The summed E-state index contributed by atoms with van der Waals surface area (Å²) in [5.74, 6) is -0.509. The number of nitrogens with zero attached hydrogens (tertiary/aromatic N) is 1. The highest BCUT2D eigenvalue weighted by Crippen LogP contribution is 2.17.